The molecule has 0 spiro atoms. The molecule has 3 N–H and O–H groups in total. The molecule has 1 rings (SSSR count). The average molecular weight is 382 g/mol. The molecule has 27 heavy (non-hydrogen) atoms. The van der Waals surface area contributed by atoms with Crippen LogP contribution in [0.15, 0.2) is 23.2 Å². The minimum absolute atomic E-state index is 0.300. The standard InChI is InChI=1S/C19H31FN4O3/c1-4-21-19(23-8-5-11-27-13-12-26-3)24-10-9-22-18(25)16-7-6-15(2)17(20)14-16/h6-7,14H,4-5,8-13H2,1-3H3,(H,22,25)(H2,21,23,24). The van der Waals surface area contributed by atoms with Crippen LogP contribution in [0.4, 0.5) is 4.39 Å². The van der Waals surface area contributed by atoms with Crippen LogP contribution in [-0.4, -0.2) is 65.0 Å². The van der Waals surface area contributed by atoms with Crippen molar-refractivity contribution < 1.29 is 18.7 Å². The predicted octanol–water partition coefficient (Wildman–Crippen LogP) is 1.47. The van der Waals surface area contributed by atoms with E-state index in [1.807, 2.05) is 6.92 Å². The first-order valence-electron chi connectivity index (χ1n) is 9.21. The maximum absolute atomic E-state index is 13.5. The Morgan fingerprint density at radius 3 is 2.63 bits per heavy atom. The Kier molecular flexibility index (Phi) is 11.8. The quantitative estimate of drug-likeness (QED) is 0.290. The molecule has 0 unspecified atom stereocenters. The summed E-state index contributed by atoms with van der Waals surface area (Å²) in [5.74, 6) is 0.00408. The van der Waals surface area contributed by atoms with Crippen LogP contribution in [0.5, 0.6) is 0 Å². The number of aryl methyl sites for hydroxylation is 1. The number of benzene rings is 1. The number of amides is 1. The molecule has 0 aliphatic heterocycles. The van der Waals surface area contributed by atoms with Crippen LogP contribution in [0, 0.1) is 12.7 Å². The number of nitrogens with one attached hydrogen (secondary N) is 3. The molecule has 1 aromatic carbocycles. The summed E-state index contributed by atoms with van der Waals surface area (Å²) in [6.45, 7) is 7.75. The van der Waals surface area contributed by atoms with Gasteiger partial charge in [-0.2, -0.15) is 0 Å². The van der Waals surface area contributed by atoms with Crippen molar-refractivity contribution in [1.82, 2.24) is 16.0 Å². The first-order chi connectivity index (χ1) is 13.1. The zero-order valence-corrected chi connectivity index (χ0v) is 16.4. The van der Waals surface area contributed by atoms with Crippen LogP contribution in [0.3, 0.4) is 0 Å². The lowest BCUT2D eigenvalue weighted by atomic mass is 10.1. The van der Waals surface area contributed by atoms with Crippen molar-refractivity contribution in [3.63, 3.8) is 0 Å². The molecule has 1 amide bonds. The number of rotatable bonds is 12. The molecule has 1 aromatic rings. The number of nitrogens with zero attached hydrogens (tertiary/aromatic N) is 1. The summed E-state index contributed by atoms with van der Waals surface area (Å²) in [5.41, 5.74) is 0.830. The highest BCUT2D eigenvalue weighted by Crippen LogP contribution is 2.08. The summed E-state index contributed by atoms with van der Waals surface area (Å²) in [5, 5.41) is 9.05. The molecule has 0 aromatic heterocycles. The number of carbonyl (C=O) groups is 1. The molecule has 0 atom stereocenters. The van der Waals surface area contributed by atoms with Crippen molar-refractivity contribution in [3.05, 3.63) is 35.1 Å². The molecule has 0 radical (unpaired) electrons. The maximum Gasteiger partial charge on any atom is 0.251 e. The number of aliphatic imine (C=N–C) groups is 1. The monoisotopic (exact) mass is 382 g/mol. The van der Waals surface area contributed by atoms with E-state index >= 15 is 0 Å². The van der Waals surface area contributed by atoms with E-state index in [4.69, 9.17) is 9.47 Å². The van der Waals surface area contributed by atoms with Crippen LogP contribution in [0.2, 0.25) is 0 Å². The lowest BCUT2D eigenvalue weighted by Crippen LogP contribution is -2.41. The Bertz CT molecular complexity index is 596. The maximum atomic E-state index is 13.5. The molecule has 0 fully saturated rings. The molecular formula is C19H31FN4O3. The molecular weight excluding hydrogens is 351 g/mol. The second-order valence-corrected chi connectivity index (χ2v) is 5.87. The third kappa shape index (κ3) is 9.91. The van der Waals surface area contributed by atoms with Gasteiger partial charge in [0.15, 0.2) is 5.96 Å². The number of guanidine groups is 1. The summed E-state index contributed by atoms with van der Waals surface area (Å²) in [4.78, 5) is 16.5. The lowest BCUT2D eigenvalue weighted by Gasteiger charge is -2.12. The summed E-state index contributed by atoms with van der Waals surface area (Å²) in [6, 6.07) is 4.46. The fourth-order valence-corrected chi connectivity index (χ4v) is 2.14. The van der Waals surface area contributed by atoms with Gasteiger partial charge < -0.3 is 25.4 Å². The Morgan fingerprint density at radius 2 is 1.93 bits per heavy atom. The van der Waals surface area contributed by atoms with Crippen LogP contribution < -0.4 is 16.0 Å². The number of carbonyl (C=O) groups excluding carboxylic acids is 1. The Balaban J connectivity index is 2.27. The van der Waals surface area contributed by atoms with E-state index in [0.717, 1.165) is 13.0 Å². The summed E-state index contributed by atoms with van der Waals surface area (Å²) < 4.78 is 23.8. The predicted molar refractivity (Wildman–Crippen MR) is 105 cm³/mol. The van der Waals surface area contributed by atoms with Gasteiger partial charge in [0, 0.05) is 45.5 Å². The lowest BCUT2D eigenvalue weighted by molar-refractivity contribution is 0.0702. The Hall–Kier alpha value is -2.19. The van der Waals surface area contributed by atoms with Crippen molar-refractivity contribution in [2.24, 2.45) is 4.99 Å². The van der Waals surface area contributed by atoms with Gasteiger partial charge in [0.2, 0.25) is 0 Å². The third-order valence-electron chi connectivity index (χ3n) is 3.63. The van der Waals surface area contributed by atoms with Gasteiger partial charge in [-0.25, -0.2) is 4.39 Å². The van der Waals surface area contributed by atoms with Gasteiger partial charge in [-0.05, 0) is 38.0 Å². The van der Waals surface area contributed by atoms with Crippen molar-refractivity contribution in [2.75, 3.05) is 53.1 Å². The minimum Gasteiger partial charge on any atom is -0.382 e. The van der Waals surface area contributed by atoms with Gasteiger partial charge in [0.25, 0.3) is 5.91 Å². The summed E-state index contributed by atoms with van der Waals surface area (Å²) in [6.07, 6.45) is 0.815. The summed E-state index contributed by atoms with van der Waals surface area (Å²) in [7, 11) is 1.64. The van der Waals surface area contributed by atoms with Gasteiger partial charge in [-0.15, -0.1) is 0 Å². The summed E-state index contributed by atoms with van der Waals surface area (Å²) >= 11 is 0. The van der Waals surface area contributed by atoms with E-state index < -0.39 is 0 Å². The van der Waals surface area contributed by atoms with Gasteiger partial charge in [0.05, 0.1) is 13.2 Å². The second-order valence-electron chi connectivity index (χ2n) is 5.87. The number of methoxy groups -OCH3 is 1. The van der Waals surface area contributed by atoms with E-state index in [9.17, 15) is 9.18 Å². The first-order valence-corrected chi connectivity index (χ1v) is 9.21. The van der Waals surface area contributed by atoms with E-state index in [2.05, 4.69) is 20.9 Å². The Morgan fingerprint density at radius 1 is 1.15 bits per heavy atom. The highest BCUT2D eigenvalue weighted by Gasteiger charge is 2.07. The van der Waals surface area contributed by atoms with E-state index in [0.29, 0.717) is 56.5 Å². The van der Waals surface area contributed by atoms with Gasteiger partial charge >= 0.3 is 0 Å². The molecule has 7 nitrogen and oxygen atoms in total. The fourth-order valence-electron chi connectivity index (χ4n) is 2.14. The zero-order valence-electron chi connectivity index (χ0n) is 16.4. The topological polar surface area (TPSA) is 84.0 Å². The molecule has 0 bridgehead atoms. The Labute approximate surface area is 160 Å². The molecule has 0 heterocycles. The minimum atomic E-state index is -0.381. The molecule has 0 aliphatic rings. The number of hydrogen-bond donors (Lipinski definition) is 3. The van der Waals surface area contributed by atoms with E-state index in [1.165, 1.54) is 6.07 Å². The van der Waals surface area contributed by atoms with Gasteiger partial charge in [-0.1, -0.05) is 6.07 Å². The van der Waals surface area contributed by atoms with Crippen LogP contribution in [0.25, 0.3) is 0 Å². The second kappa shape index (κ2) is 13.9. The number of ether oxygens (including phenoxy) is 2. The smallest absolute Gasteiger partial charge is 0.251 e. The number of halogens is 1. The van der Waals surface area contributed by atoms with Crippen LogP contribution in [0.1, 0.15) is 29.3 Å². The van der Waals surface area contributed by atoms with Crippen molar-refractivity contribution in [3.8, 4) is 0 Å². The first kappa shape index (κ1) is 22.9. The highest BCUT2D eigenvalue weighted by atomic mass is 19.1. The van der Waals surface area contributed by atoms with Gasteiger partial charge in [-0.3, -0.25) is 9.79 Å². The van der Waals surface area contributed by atoms with Crippen LogP contribution >= 0.6 is 0 Å². The molecule has 0 aliphatic carbocycles. The highest BCUT2D eigenvalue weighted by molar-refractivity contribution is 5.94. The molecule has 0 saturated carbocycles. The fraction of sp³-hybridized carbons (Fsp3) is 0.579. The third-order valence-corrected chi connectivity index (χ3v) is 3.63. The molecule has 8 heteroatoms. The van der Waals surface area contributed by atoms with Crippen molar-refractivity contribution in [2.45, 2.75) is 20.3 Å². The molecule has 152 valence electrons. The van der Waals surface area contributed by atoms with Gasteiger partial charge in [0.1, 0.15) is 5.82 Å². The number of hydrogen-bond acceptors (Lipinski definition) is 4. The van der Waals surface area contributed by atoms with Crippen molar-refractivity contribution in [1.29, 1.82) is 0 Å². The van der Waals surface area contributed by atoms with E-state index in [1.54, 1.807) is 26.2 Å². The normalized spacial score (nSPS) is 11.3. The zero-order chi connectivity index (χ0) is 19.9. The average Bonchev–Trinajstić information content (AvgIpc) is 2.66. The van der Waals surface area contributed by atoms with Crippen LogP contribution in [-0.2, 0) is 9.47 Å². The molecule has 0 saturated heterocycles. The SMILES string of the molecule is CCNC(=NCCCOCCOC)NCCNC(=O)c1ccc(C)c(F)c1. The van der Waals surface area contributed by atoms with E-state index in [-0.39, 0.29) is 11.7 Å². The van der Waals surface area contributed by atoms with Crippen molar-refractivity contribution >= 4 is 11.9 Å². The largest absolute Gasteiger partial charge is 0.382 e.